The Balaban J connectivity index is 0.000000924. The Morgan fingerprint density at radius 1 is 0.957 bits per heavy atom. The van der Waals surface area contributed by atoms with Gasteiger partial charge in [-0.05, 0) is 24.6 Å². The van der Waals surface area contributed by atoms with Crippen LogP contribution < -0.4 is 5.69 Å². The largest absolute Gasteiger partial charge is 0.331 e. The first kappa shape index (κ1) is 16.8. The predicted molar refractivity (Wildman–Crippen MR) is 79.8 cm³/mol. The second-order valence-electron chi connectivity index (χ2n) is 4.60. The van der Waals surface area contributed by atoms with Crippen molar-refractivity contribution in [3.05, 3.63) is 63.6 Å². The maximum Gasteiger partial charge on any atom is 0.331 e. The third kappa shape index (κ3) is 2.74. The molecule has 0 aliphatic heterocycles. The van der Waals surface area contributed by atoms with Gasteiger partial charge in [0.15, 0.2) is 17.5 Å². The van der Waals surface area contributed by atoms with Gasteiger partial charge in [0, 0.05) is 6.07 Å². The number of imidazole rings is 1. The van der Waals surface area contributed by atoms with Crippen molar-refractivity contribution in [2.24, 2.45) is 0 Å². The van der Waals surface area contributed by atoms with Gasteiger partial charge in [0.25, 0.3) is 0 Å². The van der Waals surface area contributed by atoms with Gasteiger partial charge in [-0.2, -0.15) is 0 Å². The minimum atomic E-state index is -1.46. The highest BCUT2D eigenvalue weighted by Crippen LogP contribution is 2.25. The third-order valence-corrected chi connectivity index (χ3v) is 3.15. The predicted octanol–water partition coefficient (Wildman–Crippen LogP) is 4.21. The monoisotopic (exact) mass is 326 g/mol. The maximum absolute atomic E-state index is 14.0. The number of nitrogens with zero attached hydrogens (tertiary/aromatic N) is 1. The number of H-pyrrole nitrogens is 1. The summed E-state index contributed by atoms with van der Waals surface area (Å²) in [5, 5.41) is 0. The molecule has 1 aromatic heterocycles. The fourth-order valence-electron chi connectivity index (χ4n) is 2.20. The number of aromatic nitrogens is 2. The molecule has 3 rings (SSSR count). The van der Waals surface area contributed by atoms with Crippen LogP contribution in [0.1, 0.15) is 19.4 Å². The molecule has 0 saturated heterocycles. The molecule has 0 radical (unpaired) electrons. The topological polar surface area (TPSA) is 37.8 Å². The van der Waals surface area contributed by atoms with Gasteiger partial charge >= 0.3 is 5.69 Å². The average molecular weight is 326 g/mol. The van der Waals surface area contributed by atoms with Crippen molar-refractivity contribution in [2.75, 3.05) is 0 Å². The number of nitrogens with one attached hydrogen (secondary N) is 1. The van der Waals surface area contributed by atoms with Crippen molar-refractivity contribution in [1.29, 1.82) is 0 Å². The van der Waals surface area contributed by atoms with Crippen LogP contribution in [-0.4, -0.2) is 9.55 Å². The summed E-state index contributed by atoms with van der Waals surface area (Å²) in [6, 6.07) is 4.19. The molecule has 0 saturated carbocycles. The quantitative estimate of drug-likeness (QED) is 0.528. The Bertz CT molecular complexity index is 928. The van der Waals surface area contributed by atoms with Crippen molar-refractivity contribution >= 4 is 11.0 Å². The molecule has 0 atom stereocenters. The number of aryl methyl sites for hydroxylation is 1. The maximum atomic E-state index is 14.0. The normalized spacial score (nSPS) is 10.6. The molecule has 2 aromatic carbocycles. The molecule has 0 aliphatic rings. The smallest absolute Gasteiger partial charge is 0.303 e. The van der Waals surface area contributed by atoms with Crippen molar-refractivity contribution in [1.82, 2.24) is 9.55 Å². The SMILES string of the molecule is CC.Cc1ccc(-n2c(=O)[nH]c3c(F)cc(F)c(F)c32)c(F)c1. The highest BCUT2D eigenvalue weighted by Gasteiger charge is 2.21. The van der Waals surface area contributed by atoms with Crippen LogP contribution in [-0.2, 0) is 0 Å². The van der Waals surface area contributed by atoms with Gasteiger partial charge in [0.05, 0.1) is 5.69 Å². The lowest BCUT2D eigenvalue weighted by molar-refractivity contribution is 0.502. The van der Waals surface area contributed by atoms with Gasteiger partial charge in [-0.3, -0.25) is 4.57 Å². The van der Waals surface area contributed by atoms with Gasteiger partial charge < -0.3 is 4.98 Å². The summed E-state index contributed by atoms with van der Waals surface area (Å²) in [5.41, 5.74) is -1.85. The Morgan fingerprint density at radius 2 is 1.61 bits per heavy atom. The summed E-state index contributed by atoms with van der Waals surface area (Å²) in [6.07, 6.45) is 0. The minimum Gasteiger partial charge on any atom is -0.303 e. The molecule has 0 bridgehead atoms. The molecule has 7 heteroatoms. The Morgan fingerprint density at radius 3 is 2.22 bits per heavy atom. The summed E-state index contributed by atoms with van der Waals surface area (Å²) in [5.74, 6) is -4.82. The third-order valence-electron chi connectivity index (χ3n) is 3.15. The van der Waals surface area contributed by atoms with E-state index in [1.165, 1.54) is 12.1 Å². The number of hydrogen-bond donors (Lipinski definition) is 1. The molecular formula is C16H14F4N2O. The zero-order valence-electron chi connectivity index (χ0n) is 12.7. The van der Waals surface area contributed by atoms with Crippen molar-refractivity contribution in [3.63, 3.8) is 0 Å². The average Bonchev–Trinajstić information content (AvgIpc) is 2.85. The zero-order valence-corrected chi connectivity index (χ0v) is 12.7. The summed E-state index contributed by atoms with van der Waals surface area (Å²) < 4.78 is 55.4. The number of hydrogen-bond acceptors (Lipinski definition) is 1. The van der Waals surface area contributed by atoms with Gasteiger partial charge in [-0.15, -0.1) is 0 Å². The molecule has 0 fully saturated rings. The van der Waals surface area contributed by atoms with E-state index in [2.05, 4.69) is 4.98 Å². The molecule has 23 heavy (non-hydrogen) atoms. The van der Waals surface area contributed by atoms with Gasteiger partial charge in [0.1, 0.15) is 16.9 Å². The van der Waals surface area contributed by atoms with Crippen molar-refractivity contribution < 1.29 is 17.6 Å². The summed E-state index contributed by atoms with van der Waals surface area (Å²) in [6.45, 7) is 5.63. The van der Waals surface area contributed by atoms with E-state index in [1.807, 2.05) is 13.8 Å². The number of benzene rings is 2. The zero-order chi connectivity index (χ0) is 17.3. The second-order valence-corrected chi connectivity index (χ2v) is 4.60. The first-order valence-electron chi connectivity index (χ1n) is 6.95. The van der Waals surface area contributed by atoms with Crippen LogP contribution in [0.4, 0.5) is 17.6 Å². The molecule has 0 aliphatic carbocycles. The molecule has 0 amide bonds. The molecule has 3 aromatic rings. The number of aromatic amines is 1. The lowest BCUT2D eigenvalue weighted by Crippen LogP contribution is -2.16. The van der Waals surface area contributed by atoms with Gasteiger partial charge in [-0.1, -0.05) is 19.9 Å². The highest BCUT2D eigenvalue weighted by molar-refractivity contribution is 5.78. The van der Waals surface area contributed by atoms with E-state index in [1.54, 1.807) is 6.92 Å². The molecule has 0 unspecified atom stereocenters. The second kappa shape index (κ2) is 6.28. The first-order chi connectivity index (χ1) is 10.9. The number of fused-ring (bicyclic) bond motifs is 1. The fraction of sp³-hybridized carbons (Fsp3) is 0.188. The van der Waals surface area contributed by atoms with E-state index in [0.717, 1.165) is 6.07 Å². The van der Waals surface area contributed by atoms with Crippen LogP contribution in [0, 0.1) is 30.2 Å². The van der Waals surface area contributed by atoms with Gasteiger partial charge in [-0.25, -0.2) is 22.4 Å². The number of rotatable bonds is 1. The molecule has 3 nitrogen and oxygen atoms in total. The molecule has 1 heterocycles. The Labute approximate surface area is 129 Å². The molecule has 122 valence electrons. The lowest BCUT2D eigenvalue weighted by Gasteiger charge is -2.07. The summed E-state index contributed by atoms with van der Waals surface area (Å²) >= 11 is 0. The van der Waals surface area contributed by atoms with Crippen LogP contribution in [0.3, 0.4) is 0 Å². The number of halogens is 4. The van der Waals surface area contributed by atoms with Crippen LogP contribution in [0.25, 0.3) is 16.7 Å². The van der Waals surface area contributed by atoms with Crippen LogP contribution >= 0.6 is 0 Å². The summed E-state index contributed by atoms with van der Waals surface area (Å²) in [4.78, 5) is 13.9. The van der Waals surface area contributed by atoms with E-state index in [4.69, 9.17) is 0 Å². The van der Waals surface area contributed by atoms with Crippen LogP contribution in [0.15, 0.2) is 29.1 Å². The lowest BCUT2D eigenvalue weighted by atomic mass is 10.2. The van der Waals surface area contributed by atoms with Gasteiger partial charge in [0.2, 0.25) is 0 Å². The first-order valence-corrected chi connectivity index (χ1v) is 6.95. The van der Waals surface area contributed by atoms with E-state index >= 15 is 0 Å². The van der Waals surface area contributed by atoms with E-state index in [-0.39, 0.29) is 5.69 Å². The minimum absolute atomic E-state index is 0.291. The van der Waals surface area contributed by atoms with Crippen LogP contribution in [0.5, 0.6) is 0 Å². The molecular weight excluding hydrogens is 312 g/mol. The van der Waals surface area contributed by atoms with E-state index < -0.39 is 40.0 Å². The highest BCUT2D eigenvalue weighted by atomic mass is 19.2. The van der Waals surface area contributed by atoms with E-state index in [9.17, 15) is 22.4 Å². The fourth-order valence-corrected chi connectivity index (χ4v) is 2.20. The standard InChI is InChI=1S/C14H8F4N2O.C2H6/c1-6-2-3-10(7(15)4-6)20-13-11(18)8(16)5-9(17)12(13)19-14(20)21;1-2/h2-5H,1H3,(H,19,21);1-2H3. The molecule has 0 spiro atoms. The Kier molecular flexibility index (Phi) is 4.58. The summed E-state index contributed by atoms with van der Waals surface area (Å²) in [7, 11) is 0. The molecule has 1 N–H and O–H groups in total. The van der Waals surface area contributed by atoms with E-state index in [0.29, 0.717) is 16.2 Å². The van der Waals surface area contributed by atoms with Crippen LogP contribution in [0.2, 0.25) is 0 Å². The Hall–Kier alpha value is -2.57. The van der Waals surface area contributed by atoms with Crippen molar-refractivity contribution in [3.8, 4) is 5.69 Å². The van der Waals surface area contributed by atoms with Crippen molar-refractivity contribution in [2.45, 2.75) is 20.8 Å².